The van der Waals surface area contributed by atoms with Crippen molar-refractivity contribution in [3.8, 4) is 0 Å². The van der Waals surface area contributed by atoms with Gasteiger partial charge in [-0.2, -0.15) is 0 Å². The highest BCUT2D eigenvalue weighted by atomic mass is 79.9. The first-order chi connectivity index (χ1) is 17.3. The van der Waals surface area contributed by atoms with Crippen LogP contribution in [0.1, 0.15) is 99.7 Å². The molecule has 1 fully saturated rings. The summed E-state index contributed by atoms with van der Waals surface area (Å²) in [6, 6.07) is 15.7. The molecule has 4 rings (SSSR count). The van der Waals surface area contributed by atoms with Gasteiger partial charge < -0.3 is 10.2 Å². The Bertz CT molecular complexity index is 1100. The van der Waals surface area contributed by atoms with E-state index in [9.17, 15) is 9.59 Å². The molecule has 1 saturated carbocycles. The van der Waals surface area contributed by atoms with E-state index < -0.39 is 5.66 Å². The Kier molecular flexibility index (Phi) is 8.66. The molecule has 36 heavy (non-hydrogen) atoms. The van der Waals surface area contributed by atoms with E-state index in [1.165, 1.54) is 6.42 Å². The molecule has 2 aromatic rings. The summed E-state index contributed by atoms with van der Waals surface area (Å²) in [5, 5.41) is 2.95. The predicted octanol–water partition coefficient (Wildman–Crippen LogP) is 7.06. The maximum atomic E-state index is 14.2. The quantitative estimate of drug-likeness (QED) is 0.362. The van der Waals surface area contributed by atoms with Crippen LogP contribution in [0.15, 0.2) is 58.0 Å². The van der Waals surface area contributed by atoms with Crippen LogP contribution in [0.3, 0.4) is 0 Å². The van der Waals surface area contributed by atoms with E-state index in [2.05, 4.69) is 40.0 Å². The van der Waals surface area contributed by atoms with E-state index in [4.69, 9.17) is 4.99 Å². The second-order valence-corrected chi connectivity index (χ2v) is 11.5. The molecule has 1 aliphatic heterocycles. The second kappa shape index (κ2) is 11.7. The zero-order chi connectivity index (χ0) is 25.7. The number of benzene rings is 2. The Hall–Kier alpha value is -2.47. The number of nitrogens with one attached hydrogen (secondary N) is 1. The Morgan fingerprint density at radius 2 is 1.81 bits per heavy atom. The Morgan fingerprint density at radius 1 is 1.08 bits per heavy atom. The van der Waals surface area contributed by atoms with Crippen molar-refractivity contribution in [3.63, 3.8) is 0 Å². The fourth-order valence-electron chi connectivity index (χ4n) is 5.47. The minimum absolute atomic E-state index is 0.0218. The fourth-order valence-corrected chi connectivity index (χ4v) is 5.87. The standard InChI is InChI=1S/C30H38BrN3O2/c1-4-19-32-28(35)23-14-12-22(13-15-23)26(16-11-21(2)3)34-29(36)27(24-9-8-10-25(31)20-24)33-30(34)17-6-5-7-18-30/h8-10,12-15,20-21,26H,4-7,11,16-19H2,1-3H3,(H,32,35). The van der Waals surface area contributed by atoms with E-state index in [0.29, 0.717) is 23.7 Å². The lowest BCUT2D eigenvalue weighted by Crippen LogP contribution is -2.50. The topological polar surface area (TPSA) is 61.8 Å². The molecule has 2 aromatic carbocycles. The SMILES string of the molecule is CCCNC(=O)c1ccc(C(CCC(C)C)N2C(=O)C(c3cccc(Br)c3)=NC23CCCCC3)cc1. The lowest BCUT2D eigenvalue weighted by atomic mass is 9.85. The van der Waals surface area contributed by atoms with Crippen molar-refractivity contribution in [1.82, 2.24) is 10.2 Å². The van der Waals surface area contributed by atoms with Crippen LogP contribution < -0.4 is 5.32 Å². The molecule has 0 saturated heterocycles. The summed E-state index contributed by atoms with van der Waals surface area (Å²) >= 11 is 3.56. The number of carbonyl (C=O) groups excluding carboxylic acids is 2. The Balaban J connectivity index is 1.72. The van der Waals surface area contributed by atoms with Gasteiger partial charge in [0.2, 0.25) is 0 Å². The van der Waals surface area contributed by atoms with Crippen molar-refractivity contribution >= 4 is 33.5 Å². The Morgan fingerprint density at radius 3 is 2.44 bits per heavy atom. The molecule has 0 aromatic heterocycles. The number of carbonyl (C=O) groups is 2. The molecule has 6 heteroatoms. The number of halogens is 1. The van der Waals surface area contributed by atoms with Gasteiger partial charge in [-0.05, 0) is 80.7 Å². The van der Waals surface area contributed by atoms with Gasteiger partial charge in [0.25, 0.3) is 11.8 Å². The van der Waals surface area contributed by atoms with Gasteiger partial charge in [0.1, 0.15) is 11.4 Å². The van der Waals surface area contributed by atoms with Gasteiger partial charge >= 0.3 is 0 Å². The van der Waals surface area contributed by atoms with Gasteiger partial charge in [0.05, 0.1) is 6.04 Å². The maximum absolute atomic E-state index is 14.2. The number of hydrogen-bond acceptors (Lipinski definition) is 3. The molecule has 2 aliphatic rings. The first kappa shape index (κ1) is 26.6. The Labute approximate surface area is 223 Å². The molecule has 2 amide bonds. The van der Waals surface area contributed by atoms with Gasteiger partial charge in [-0.25, -0.2) is 0 Å². The highest BCUT2D eigenvalue weighted by Crippen LogP contribution is 2.46. The normalized spacial score (nSPS) is 18.0. The molecule has 1 atom stereocenters. The van der Waals surface area contributed by atoms with E-state index >= 15 is 0 Å². The summed E-state index contributed by atoms with van der Waals surface area (Å²) in [4.78, 5) is 34.0. The van der Waals surface area contributed by atoms with E-state index in [-0.39, 0.29) is 17.9 Å². The van der Waals surface area contributed by atoms with Crippen LogP contribution in [-0.4, -0.2) is 34.6 Å². The molecule has 0 radical (unpaired) electrons. The second-order valence-electron chi connectivity index (χ2n) is 10.6. The zero-order valence-corrected chi connectivity index (χ0v) is 23.3. The van der Waals surface area contributed by atoms with Crippen LogP contribution >= 0.6 is 15.9 Å². The third kappa shape index (κ3) is 5.74. The van der Waals surface area contributed by atoms with Crippen LogP contribution in [-0.2, 0) is 4.79 Å². The van der Waals surface area contributed by atoms with Gasteiger partial charge in [0, 0.05) is 22.1 Å². The first-order valence-corrected chi connectivity index (χ1v) is 14.2. The highest BCUT2D eigenvalue weighted by Gasteiger charge is 2.50. The van der Waals surface area contributed by atoms with Crippen LogP contribution in [0.2, 0.25) is 0 Å². The van der Waals surface area contributed by atoms with E-state index in [1.54, 1.807) is 0 Å². The number of hydrogen-bond donors (Lipinski definition) is 1. The number of rotatable bonds is 9. The van der Waals surface area contributed by atoms with E-state index in [0.717, 1.165) is 60.5 Å². The molecule has 1 spiro atoms. The summed E-state index contributed by atoms with van der Waals surface area (Å²) in [6.07, 6.45) is 7.91. The average molecular weight is 553 g/mol. The largest absolute Gasteiger partial charge is 0.352 e. The van der Waals surface area contributed by atoms with Crippen molar-refractivity contribution in [2.24, 2.45) is 10.9 Å². The van der Waals surface area contributed by atoms with E-state index in [1.807, 2.05) is 55.5 Å². The lowest BCUT2D eigenvalue weighted by Gasteiger charge is -2.44. The number of nitrogens with zero attached hydrogens (tertiary/aromatic N) is 2. The maximum Gasteiger partial charge on any atom is 0.275 e. The summed E-state index contributed by atoms with van der Waals surface area (Å²) in [5.74, 6) is 0.494. The monoisotopic (exact) mass is 551 g/mol. The van der Waals surface area contributed by atoms with Crippen molar-refractivity contribution in [2.45, 2.75) is 83.8 Å². The highest BCUT2D eigenvalue weighted by molar-refractivity contribution is 9.10. The summed E-state index contributed by atoms with van der Waals surface area (Å²) < 4.78 is 0.944. The minimum atomic E-state index is -0.494. The van der Waals surface area contributed by atoms with Gasteiger partial charge in [-0.1, -0.05) is 67.4 Å². The fraction of sp³-hybridized carbons (Fsp3) is 0.500. The van der Waals surface area contributed by atoms with Gasteiger partial charge in [0.15, 0.2) is 0 Å². The zero-order valence-electron chi connectivity index (χ0n) is 21.7. The van der Waals surface area contributed by atoms with Crippen molar-refractivity contribution in [3.05, 3.63) is 69.7 Å². The van der Waals surface area contributed by atoms with Crippen molar-refractivity contribution in [2.75, 3.05) is 6.54 Å². The van der Waals surface area contributed by atoms with Crippen LogP contribution in [0.5, 0.6) is 0 Å². The van der Waals surface area contributed by atoms with Gasteiger partial charge in [-0.3, -0.25) is 14.6 Å². The lowest BCUT2D eigenvalue weighted by molar-refractivity contribution is -0.133. The molecule has 192 valence electrons. The molecule has 5 nitrogen and oxygen atoms in total. The van der Waals surface area contributed by atoms with Crippen LogP contribution in [0.4, 0.5) is 0 Å². The third-order valence-corrected chi connectivity index (χ3v) is 7.86. The van der Waals surface area contributed by atoms with Gasteiger partial charge in [-0.15, -0.1) is 0 Å². The van der Waals surface area contributed by atoms with Crippen molar-refractivity contribution in [1.29, 1.82) is 0 Å². The molecule has 1 aliphatic carbocycles. The summed E-state index contributed by atoms with van der Waals surface area (Å²) in [5.41, 5.74) is 2.68. The summed E-state index contributed by atoms with van der Waals surface area (Å²) in [6.45, 7) is 7.16. The molecule has 0 bridgehead atoms. The third-order valence-electron chi connectivity index (χ3n) is 7.36. The molecular formula is C30H38BrN3O2. The minimum Gasteiger partial charge on any atom is -0.352 e. The average Bonchev–Trinajstić information content (AvgIpc) is 3.14. The molecule has 1 unspecified atom stereocenters. The predicted molar refractivity (Wildman–Crippen MR) is 149 cm³/mol. The summed E-state index contributed by atoms with van der Waals surface area (Å²) in [7, 11) is 0. The number of aliphatic imine (C=N–C) groups is 1. The molecule has 1 heterocycles. The van der Waals surface area contributed by atoms with Crippen LogP contribution in [0.25, 0.3) is 0 Å². The van der Waals surface area contributed by atoms with Crippen LogP contribution in [0, 0.1) is 5.92 Å². The number of amides is 2. The molecule has 1 N–H and O–H groups in total. The van der Waals surface area contributed by atoms with Crippen molar-refractivity contribution < 1.29 is 9.59 Å². The molecular weight excluding hydrogens is 514 g/mol. The first-order valence-electron chi connectivity index (χ1n) is 13.4. The smallest absolute Gasteiger partial charge is 0.275 e.